The molecule has 20 heavy (non-hydrogen) atoms. The number of hydrogen-bond donors (Lipinski definition) is 2. The zero-order valence-electron chi connectivity index (χ0n) is 11.4. The monoisotopic (exact) mass is 287 g/mol. The Hall–Kier alpha value is -1.58. The first kappa shape index (κ1) is 13.4. The fourth-order valence-corrected chi connectivity index (χ4v) is 3.24. The Labute approximate surface area is 124 Å². The van der Waals surface area contributed by atoms with E-state index in [0.29, 0.717) is 10.8 Å². The molecule has 1 fully saturated rings. The highest BCUT2D eigenvalue weighted by Gasteiger charge is 2.51. The maximum Gasteiger partial charge on any atom is 0.128 e. The lowest BCUT2D eigenvalue weighted by Gasteiger charge is -2.28. The summed E-state index contributed by atoms with van der Waals surface area (Å²) in [6, 6.07) is 12.6. The lowest BCUT2D eigenvalue weighted by Crippen LogP contribution is -2.30. The predicted molar refractivity (Wildman–Crippen MR) is 82.8 cm³/mol. The molecule has 0 bridgehead atoms. The van der Waals surface area contributed by atoms with Gasteiger partial charge in [-0.05, 0) is 31.5 Å². The molecule has 3 N–H and O–H groups in total. The van der Waals surface area contributed by atoms with Crippen LogP contribution in [0.2, 0.25) is 5.02 Å². The van der Waals surface area contributed by atoms with Crippen LogP contribution in [0.25, 0.3) is 0 Å². The summed E-state index contributed by atoms with van der Waals surface area (Å²) in [6.07, 6.45) is 3.89. The van der Waals surface area contributed by atoms with Crippen LogP contribution >= 0.6 is 11.6 Å². The van der Waals surface area contributed by atoms with Gasteiger partial charge in [-0.1, -0.05) is 41.9 Å². The Bertz CT molecular complexity index is 608. The fraction of sp³-hybridized carbons (Fsp3) is 0.312. The first-order chi connectivity index (χ1) is 9.67. The number of nitrogen functional groups attached to an aromatic ring is 1. The SMILES string of the molecule is CNC(c1cc(Cl)cnc1N)C1(c2ccccc2)CC1. The number of rotatable bonds is 4. The minimum Gasteiger partial charge on any atom is -0.383 e. The van der Waals surface area contributed by atoms with Crippen LogP contribution in [0.1, 0.15) is 30.0 Å². The van der Waals surface area contributed by atoms with Crippen LogP contribution in [0.15, 0.2) is 42.6 Å². The van der Waals surface area contributed by atoms with Gasteiger partial charge in [0, 0.05) is 23.2 Å². The first-order valence-electron chi connectivity index (χ1n) is 6.81. The molecule has 1 atom stereocenters. The Morgan fingerprint density at radius 2 is 2.00 bits per heavy atom. The predicted octanol–water partition coefficient (Wildman–Crippen LogP) is 3.31. The normalized spacial score (nSPS) is 17.7. The lowest BCUT2D eigenvalue weighted by molar-refractivity contribution is 0.463. The molecule has 3 nitrogen and oxygen atoms in total. The van der Waals surface area contributed by atoms with Crippen LogP contribution in [0.3, 0.4) is 0 Å². The summed E-state index contributed by atoms with van der Waals surface area (Å²) in [4.78, 5) is 4.19. The molecule has 4 heteroatoms. The van der Waals surface area contributed by atoms with Crippen molar-refractivity contribution in [3.8, 4) is 0 Å². The first-order valence-corrected chi connectivity index (χ1v) is 7.19. The van der Waals surface area contributed by atoms with Crippen molar-refractivity contribution in [3.05, 3.63) is 58.7 Å². The number of aromatic nitrogens is 1. The van der Waals surface area contributed by atoms with Gasteiger partial charge in [0.15, 0.2) is 0 Å². The van der Waals surface area contributed by atoms with Crippen LogP contribution in [-0.4, -0.2) is 12.0 Å². The Balaban J connectivity index is 2.04. The molecule has 0 radical (unpaired) electrons. The summed E-state index contributed by atoms with van der Waals surface area (Å²) in [5.41, 5.74) is 8.50. The van der Waals surface area contributed by atoms with Gasteiger partial charge in [0.2, 0.25) is 0 Å². The van der Waals surface area contributed by atoms with Gasteiger partial charge in [0.25, 0.3) is 0 Å². The zero-order chi connectivity index (χ0) is 14.2. The van der Waals surface area contributed by atoms with Crippen LogP contribution in [0, 0.1) is 0 Å². The van der Waals surface area contributed by atoms with Gasteiger partial charge in [-0.15, -0.1) is 0 Å². The molecule has 0 aliphatic heterocycles. The average Bonchev–Trinajstić information content (AvgIpc) is 3.26. The number of nitrogens with two attached hydrogens (primary N) is 1. The van der Waals surface area contributed by atoms with E-state index in [1.165, 1.54) is 5.56 Å². The number of anilines is 1. The van der Waals surface area contributed by atoms with Crippen molar-refractivity contribution in [2.75, 3.05) is 12.8 Å². The summed E-state index contributed by atoms with van der Waals surface area (Å²) >= 11 is 6.09. The summed E-state index contributed by atoms with van der Waals surface area (Å²) < 4.78 is 0. The molecule has 1 aromatic heterocycles. The van der Waals surface area contributed by atoms with E-state index < -0.39 is 0 Å². The largest absolute Gasteiger partial charge is 0.383 e. The third kappa shape index (κ3) is 2.17. The molecule has 3 rings (SSSR count). The molecule has 1 aliphatic rings. The van der Waals surface area contributed by atoms with Crippen molar-refractivity contribution in [2.45, 2.75) is 24.3 Å². The topological polar surface area (TPSA) is 50.9 Å². The Morgan fingerprint density at radius 3 is 2.60 bits per heavy atom. The molecule has 1 aliphatic carbocycles. The second-order valence-electron chi connectivity index (χ2n) is 5.37. The van der Waals surface area contributed by atoms with Gasteiger partial charge in [0.1, 0.15) is 5.82 Å². The Morgan fingerprint density at radius 1 is 1.30 bits per heavy atom. The van der Waals surface area contributed by atoms with E-state index in [0.717, 1.165) is 18.4 Å². The van der Waals surface area contributed by atoms with Crippen molar-refractivity contribution in [3.63, 3.8) is 0 Å². The second kappa shape index (κ2) is 5.08. The fourth-order valence-electron chi connectivity index (χ4n) is 3.07. The maximum atomic E-state index is 6.09. The molecule has 0 amide bonds. The highest BCUT2D eigenvalue weighted by Crippen LogP contribution is 2.57. The number of nitrogens with zero attached hydrogens (tertiary/aromatic N) is 1. The minimum absolute atomic E-state index is 0.108. The molecule has 1 unspecified atom stereocenters. The highest BCUT2D eigenvalue weighted by molar-refractivity contribution is 6.30. The standard InChI is InChI=1S/C16H18ClN3/c1-19-14(13-9-12(17)10-20-15(13)18)16(7-8-16)11-5-3-2-4-6-11/h2-6,9-10,14,19H,7-8H2,1H3,(H2,18,20). The summed E-state index contributed by atoms with van der Waals surface area (Å²) in [7, 11) is 1.97. The molecule has 1 aromatic carbocycles. The van der Waals surface area contributed by atoms with Gasteiger partial charge in [-0.3, -0.25) is 0 Å². The number of pyridine rings is 1. The van der Waals surface area contributed by atoms with Crippen molar-refractivity contribution in [1.82, 2.24) is 10.3 Å². The zero-order valence-corrected chi connectivity index (χ0v) is 12.2. The Kier molecular flexibility index (Phi) is 3.40. The van der Waals surface area contributed by atoms with E-state index in [9.17, 15) is 0 Å². The molecule has 1 heterocycles. The van der Waals surface area contributed by atoms with E-state index in [1.54, 1.807) is 6.20 Å². The third-order valence-electron chi connectivity index (χ3n) is 4.21. The molecular weight excluding hydrogens is 270 g/mol. The van der Waals surface area contributed by atoms with Crippen LogP contribution in [-0.2, 0) is 5.41 Å². The average molecular weight is 288 g/mol. The van der Waals surface area contributed by atoms with Gasteiger partial charge >= 0.3 is 0 Å². The smallest absolute Gasteiger partial charge is 0.128 e. The van der Waals surface area contributed by atoms with Crippen molar-refractivity contribution >= 4 is 17.4 Å². The summed E-state index contributed by atoms with van der Waals surface area (Å²) in [5, 5.41) is 4.03. The van der Waals surface area contributed by atoms with Crippen molar-refractivity contribution in [2.24, 2.45) is 0 Å². The van der Waals surface area contributed by atoms with E-state index in [-0.39, 0.29) is 11.5 Å². The van der Waals surface area contributed by atoms with Gasteiger partial charge in [0.05, 0.1) is 5.02 Å². The van der Waals surface area contributed by atoms with Gasteiger partial charge < -0.3 is 11.1 Å². The van der Waals surface area contributed by atoms with Gasteiger partial charge in [-0.2, -0.15) is 0 Å². The summed E-state index contributed by atoms with van der Waals surface area (Å²) in [5.74, 6) is 0.552. The number of likely N-dealkylation sites (N-methyl/N-ethyl adjacent to an activating group) is 1. The van der Waals surface area contributed by atoms with Crippen LogP contribution in [0.4, 0.5) is 5.82 Å². The third-order valence-corrected chi connectivity index (χ3v) is 4.41. The van der Waals surface area contributed by atoms with E-state index in [2.05, 4.69) is 34.6 Å². The molecule has 0 saturated heterocycles. The minimum atomic E-state index is 0.108. The van der Waals surface area contributed by atoms with E-state index in [4.69, 9.17) is 17.3 Å². The van der Waals surface area contributed by atoms with Crippen LogP contribution < -0.4 is 11.1 Å². The molecular formula is C16H18ClN3. The van der Waals surface area contributed by atoms with E-state index >= 15 is 0 Å². The summed E-state index contributed by atoms with van der Waals surface area (Å²) in [6.45, 7) is 0. The van der Waals surface area contributed by atoms with Crippen molar-refractivity contribution in [1.29, 1.82) is 0 Å². The highest BCUT2D eigenvalue weighted by atomic mass is 35.5. The number of benzene rings is 1. The van der Waals surface area contributed by atoms with Crippen molar-refractivity contribution < 1.29 is 0 Å². The molecule has 2 aromatic rings. The molecule has 1 saturated carbocycles. The van der Waals surface area contributed by atoms with Crippen LogP contribution in [0.5, 0.6) is 0 Å². The second-order valence-corrected chi connectivity index (χ2v) is 5.81. The molecule has 104 valence electrons. The maximum absolute atomic E-state index is 6.09. The number of nitrogens with one attached hydrogen (secondary N) is 1. The lowest BCUT2D eigenvalue weighted by atomic mass is 9.84. The number of halogens is 1. The quantitative estimate of drug-likeness (QED) is 0.907. The molecule has 0 spiro atoms. The van der Waals surface area contributed by atoms with Gasteiger partial charge in [-0.25, -0.2) is 4.98 Å². The van der Waals surface area contributed by atoms with E-state index in [1.807, 2.05) is 19.2 Å². The number of hydrogen-bond acceptors (Lipinski definition) is 3.